The van der Waals surface area contributed by atoms with Gasteiger partial charge in [-0.25, -0.2) is 0 Å². The van der Waals surface area contributed by atoms with Gasteiger partial charge >= 0.3 is 0 Å². The number of carbonyl (C=O) groups excluding carboxylic acids is 1. The number of aryl methyl sites for hydroxylation is 1. The van der Waals surface area contributed by atoms with Gasteiger partial charge < -0.3 is 24.3 Å². The molecule has 158 valence electrons. The van der Waals surface area contributed by atoms with Crippen LogP contribution in [-0.4, -0.2) is 57.7 Å². The van der Waals surface area contributed by atoms with Crippen molar-refractivity contribution in [2.75, 3.05) is 46.9 Å². The molecular weight excluding hydrogens is 378 g/mol. The first-order chi connectivity index (χ1) is 14.6. The Hall–Kier alpha value is -2.83. The Bertz CT molecular complexity index is 1040. The Kier molecular flexibility index (Phi) is 6.06. The van der Waals surface area contributed by atoms with E-state index in [2.05, 4.69) is 17.1 Å². The lowest BCUT2D eigenvalue weighted by Gasteiger charge is -2.29. The van der Waals surface area contributed by atoms with Crippen LogP contribution in [0, 0.1) is 6.92 Å². The van der Waals surface area contributed by atoms with Gasteiger partial charge in [-0.05, 0) is 31.2 Å². The van der Waals surface area contributed by atoms with E-state index in [1.807, 2.05) is 37.3 Å². The van der Waals surface area contributed by atoms with Gasteiger partial charge in [0.25, 0.3) is 0 Å². The molecule has 0 radical (unpaired) electrons. The van der Waals surface area contributed by atoms with E-state index in [9.17, 15) is 4.79 Å². The molecule has 30 heavy (non-hydrogen) atoms. The number of hydrogen-bond donors (Lipinski definition) is 3. The molecule has 6 nitrogen and oxygen atoms in total. The third kappa shape index (κ3) is 4.20. The molecule has 0 bridgehead atoms. The number of piperazine rings is 1. The maximum atomic E-state index is 13.0. The molecule has 1 aromatic heterocycles. The standard InChI is InChI=1S/C24H29N3O3/c1-17-24(19-6-4-5-7-20(19)25-17)21(28)16-27-12-10-26(11-13-27)15-18-8-9-22(29-2)23(14-18)30-3/h4-9,14,25H,10-13,15-16H2,1-3H3/p+2. The molecule has 1 aliphatic heterocycles. The van der Waals surface area contributed by atoms with Gasteiger partial charge in [0.05, 0.1) is 19.8 Å². The van der Waals surface area contributed by atoms with Crippen molar-refractivity contribution in [3.05, 3.63) is 59.3 Å². The van der Waals surface area contributed by atoms with Gasteiger partial charge in [0.1, 0.15) is 39.3 Å². The van der Waals surface area contributed by atoms with Crippen molar-refractivity contribution in [1.82, 2.24) is 4.98 Å². The van der Waals surface area contributed by atoms with Crippen LogP contribution in [0.3, 0.4) is 0 Å². The average Bonchev–Trinajstić information content (AvgIpc) is 3.10. The van der Waals surface area contributed by atoms with Crippen molar-refractivity contribution < 1.29 is 24.1 Å². The highest BCUT2D eigenvalue weighted by Gasteiger charge is 2.27. The highest BCUT2D eigenvalue weighted by molar-refractivity contribution is 6.09. The normalized spacial score (nSPS) is 19.0. The second-order valence-corrected chi connectivity index (χ2v) is 8.14. The van der Waals surface area contributed by atoms with E-state index in [0.29, 0.717) is 6.54 Å². The van der Waals surface area contributed by atoms with Crippen molar-refractivity contribution in [2.24, 2.45) is 0 Å². The third-order valence-electron chi connectivity index (χ3n) is 6.15. The van der Waals surface area contributed by atoms with E-state index in [4.69, 9.17) is 9.47 Å². The maximum absolute atomic E-state index is 13.0. The molecule has 0 saturated carbocycles. The predicted octanol–water partition coefficient (Wildman–Crippen LogP) is 0.660. The number of para-hydroxylation sites is 1. The minimum Gasteiger partial charge on any atom is -0.493 e. The lowest BCUT2D eigenvalue weighted by Crippen LogP contribution is -3.27. The molecule has 0 atom stereocenters. The van der Waals surface area contributed by atoms with E-state index in [1.165, 1.54) is 10.5 Å². The number of carbonyl (C=O) groups is 1. The first-order valence-corrected chi connectivity index (χ1v) is 10.6. The average molecular weight is 410 g/mol. The Balaban J connectivity index is 1.34. The zero-order valence-electron chi connectivity index (χ0n) is 18.0. The lowest BCUT2D eigenvalue weighted by molar-refractivity contribution is -1.01. The van der Waals surface area contributed by atoms with E-state index in [-0.39, 0.29) is 5.78 Å². The number of fused-ring (bicyclic) bond motifs is 1. The Morgan fingerprint density at radius 2 is 1.67 bits per heavy atom. The first kappa shape index (κ1) is 20.4. The molecule has 2 heterocycles. The van der Waals surface area contributed by atoms with Crippen molar-refractivity contribution in [3.63, 3.8) is 0 Å². The van der Waals surface area contributed by atoms with Crippen LogP contribution in [0.25, 0.3) is 10.9 Å². The predicted molar refractivity (Wildman–Crippen MR) is 117 cm³/mol. The largest absolute Gasteiger partial charge is 0.493 e. The van der Waals surface area contributed by atoms with Crippen molar-refractivity contribution in [2.45, 2.75) is 13.5 Å². The van der Waals surface area contributed by atoms with Gasteiger partial charge in [-0.1, -0.05) is 18.2 Å². The van der Waals surface area contributed by atoms with Crippen molar-refractivity contribution in [1.29, 1.82) is 0 Å². The molecule has 3 aromatic rings. The van der Waals surface area contributed by atoms with Gasteiger partial charge in [-0.15, -0.1) is 0 Å². The number of aromatic amines is 1. The highest BCUT2D eigenvalue weighted by atomic mass is 16.5. The Morgan fingerprint density at radius 1 is 0.967 bits per heavy atom. The zero-order chi connectivity index (χ0) is 21.1. The molecular formula is C24H31N3O3+2. The van der Waals surface area contributed by atoms with Crippen molar-refractivity contribution in [3.8, 4) is 11.5 Å². The molecule has 0 amide bonds. The minimum atomic E-state index is 0.239. The number of hydrogen-bond acceptors (Lipinski definition) is 3. The van der Waals surface area contributed by atoms with Crippen LogP contribution in [-0.2, 0) is 6.54 Å². The molecule has 0 unspecified atom stereocenters. The van der Waals surface area contributed by atoms with Gasteiger partial charge in [0, 0.05) is 22.2 Å². The van der Waals surface area contributed by atoms with Crippen LogP contribution in [0.2, 0.25) is 0 Å². The number of H-pyrrole nitrogens is 1. The van der Waals surface area contributed by atoms with E-state index in [1.54, 1.807) is 19.1 Å². The number of Topliss-reactive ketones (excluding diaryl/α,β-unsaturated/α-hetero) is 1. The van der Waals surface area contributed by atoms with Gasteiger partial charge in [0.2, 0.25) is 5.78 Å². The Labute approximate surface area is 177 Å². The third-order valence-corrected chi connectivity index (χ3v) is 6.15. The summed E-state index contributed by atoms with van der Waals surface area (Å²) in [5.41, 5.74) is 4.12. The number of nitrogens with one attached hydrogen (secondary N) is 3. The smallest absolute Gasteiger partial charge is 0.219 e. The fraction of sp³-hybridized carbons (Fsp3) is 0.375. The minimum absolute atomic E-state index is 0.239. The van der Waals surface area contributed by atoms with Crippen LogP contribution in [0.15, 0.2) is 42.5 Å². The maximum Gasteiger partial charge on any atom is 0.219 e. The highest BCUT2D eigenvalue weighted by Crippen LogP contribution is 2.27. The van der Waals surface area contributed by atoms with Gasteiger partial charge in [0.15, 0.2) is 11.5 Å². The molecule has 6 heteroatoms. The second kappa shape index (κ2) is 8.90. The summed E-state index contributed by atoms with van der Waals surface area (Å²) in [7, 11) is 3.33. The van der Waals surface area contributed by atoms with Crippen LogP contribution >= 0.6 is 0 Å². The zero-order valence-corrected chi connectivity index (χ0v) is 18.0. The SMILES string of the molecule is COc1ccc(C[NH+]2CC[NH+](CC(=O)c3c(C)[nH]c4ccccc34)CC2)cc1OC. The van der Waals surface area contributed by atoms with Crippen LogP contribution in [0.5, 0.6) is 11.5 Å². The summed E-state index contributed by atoms with van der Waals surface area (Å²) in [6, 6.07) is 14.2. The first-order valence-electron chi connectivity index (χ1n) is 10.6. The number of aromatic nitrogens is 1. The van der Waals surface area contributed by atoms with E-state index in [0.717, 1.165) is 66.4 Å². The summed E-state index contributed by atoms with van der Waals surface area (Å²) in [4.78, 5) is 19.3. The molecule has 1 aliphatic rings. The number of ketones is 1. The fourth-order valence-electron chi connectivity index (χ4n) is 4.54. The molecule has 2 aromatic carbocycles. The molecule has 1 saturated heterocycles. The van der Waals surface area contributed by atoms with E-state index < -0.39 is 0 Å². The van der Waals surface area contributed by atoms with Crippen molar-refractivity contribution >= 4 is 16.7 Å². The quantitative estimate of drug-likeness (QED) is 0.503. The molecule has 4 rings (SSSR count). The van der Waals surface area contributed by atoms with Crippen LogP contribution < -0.4 is 19.3 Å². The second-order valence-electron chi connectivity index (χ2n) is 8.14. The van der Waals surface area contributed by atoms with Gasteiger partial charge in [-0.2, -0.15) is 0 Å². The number of quaternary nitrogens is 2. The van der Waals surface area contributed by atoms with E-state index >= 15 is 0 Å². The monoisotopic (exact) mass is 409 g/mol. The summed E-state index contributed by atoms with van der Waals surface area (Å²) in [6.45, 7) is 7.66. The number of ether oxygens (including phenoxy) is 2. The van der Waals surface area contributed by atoms with Crippen LogP contribution in [0.1, 0.15) is 21.6 Å². The van der Waals surface area contributed by atoms with Crippen LogP contribution in [0.4, 0.5) is 0 Å². The van der Waals surface area contributed by atoms with Gasteiger partial charge in [-0.3, -0.25) is 4.79 Å². The lowest BCUT2D eigenvalue weighted by atomic mass is 10.1. The number of methoxy groups -OCH3 is 2. The molecule has 1 fully saturated rings. The summed E-state index contributed by atoms with van der Waals surface area (Å²) < 4.78 is 10.8. The summed E-state index contributed by atoms with van der Waals surface area (Å²) in [5.74, 6) is 1.78. The number of rotatable bonds is 7. The molecule has 0 spiro atoms. The summed E-state index contributed by atoms with van der Waals surface area (Å²) >= 11 is 0. The topological polar surface area (TPSA) is 60.2 Å². The summed E-state index contributed by atoms with van der Waals surface area (Å²) in [5, 5.41) is 1.04. The Morgan fingerprint density at radius 3 is 2.40 bits per heavy atom. The molecule has 3 N–H and O–H groups in total. The number of benzene rings is 2. The fourth-order valence-corrected chi connectivity index (χ4v) is 4.54. The molecule has 0 aliphatic carbocycles. The summed E-state index contributed by atoms with van der Waals surface area (Å²) in [6.07, 6.45) is 0.